The van der Waals surface area contributed by atoms with E-state index in [1.54, 1.807) is 36.4 Å². The van der Waals surface area contributed by atoms with Gasteiger partial charge in [0.05, 0.1) is 13.2 Å². The summed E-state index contributed by atoms with van der Waals surface area (Å²) in [5.74, 6) is -1.07. The molecule has 0 unspecified atom stereocenters. The smallest absolute Gasteiger partial charge is 0.468 e. The Labute approximate surface area is 202 Å². The van der Waals surface area contributed by atoms with Crippen LogP contribution in [-0.4, -0.2) is 58.3 Å². The van der Waals surface area contributed by atoms with Crippen LogP contribution in [0.15, 0.2) is 42.5 Å². The van der Waals surface area contributed by atoms with E-state index in [-0.39, 0.29) is 15.8 Å². The summed E-state index contributed by atoms with van der Waals surface area (Å²) in [5, 5.41) is -0.0778. The van der Waals surface area contributed by atoms with E-state index in [1.807, 2.05) is 6.92 Å². The number of esters is 1. The number of hydrogen-bond acceptors (Lipinski definition) is 5. The molecule has 0 heterocycles. The molecule has 0 aliphatic rings. The minimum atomic E-state index is -5.83. The van der Waals surface area contributed by atoms with E-state index in [4.69, 9.17) is 4.43 Å². The van der Waals surface area contributed by atoms with Crippen molar-refractivity contribution in [3.63, 3.8) is 0 Å². The monoisotopic (exact) mass is 523 g/mol. The lowest BCUT2D eigenvalue weighted by molar-refractivity contribution is -0.145. The molecule has 0 aliphatic heterocycles. The number of carbonyl (C=O) groups is 1. The number of sulfonamides is 1. The fourth-order valence-electron chi connectivity index (χ4n) is 2.93. The molecule has 194 valence electrons. The Bertz CT molecular complexity index is 928. The van der Waals surface area contributed by atoms with Crippen LogP contribution in [0, 0.1) is 0 Å². The molecular formula is C23H36F3NO5SSi. The summed E-state index contributed by atoms with van der Waals surface area (Å²) in [4.78, 5) is 12.4. The Morgan fingerprint density at radius 3 is 2.15 bits per heavy atom. The van der Waals surface area contributed by atoms with E-state index in [9.17, 15) is 26.4 Å². The number of nitrogens with zero attached hydrogens (tertiary/aromatic N) is 1. The lowest BCUT2D eigenvalue weighted by Crippen LogP contribution is -2.51. The molecule has 0 N–H and O–H groups in total. The van der Waals surface area contributed by atoms with Crippen molar-refractivity contribution in [3.05, 3.63) is 48.0 Å². The van der Waals surface area contributed by atoms with Gasteiger partial charge in [-0.2, -0.15) is 17.5 Å². The van der Waals surface area contributed by atoms with Gasteiger partial charge >= 0.3 is 21.5 Å². The molecule has 0 radical (unpaired) electrons. The Morgan fingerprint density at radius 1 is 1.15 bits per heavy atom. The Hall–Kier alpha value is -1.69. The zero-order chi connectivity index (χ0) is 26.4. The van der Waals surface area contributed by atoms with Gasteiger partial charge in [0.25, 0.3) is 0 Å². The number of methoxy groups -OCH3 is 1. The lowest BCUT2D eigenvalue weighted by atomic mass is 10.1. The van der Waals surface area contributed by atoms with Crippen molar-refractivity contribution in [1.82, 2.24) is 4.31 Å². The van der Waals surface area contributed by atoms with Crippen LogP contribution in [-0.2, 0) is 30.4 Å². The number of alkyl halides is 3. The van der Waals surface area contributed by atoms with Crippen molar-refractivity contribution < 1.29 is 35.5 Å². The molecular weight excluding hydrogens is 487 g/mol. The van der Waals surface area contributed by atoms with Crippen LogP contribution < -0.4 is 0 Å². The van der Waals surface area contributed by atoms with Gasteiger partial charge in [-0.05, 0) is 36.5 Å². The maximum Gasteiger partial charge on any atom is 0.511 e. The average molecular weight is 524 g/mol. The van der Waals surface area contributed by atoms with E-state index in [0.29, 0.717) is 12.0 Å². The molecule has 0 bridgehead atoms. The molecule has 0 aromatic heterocycles. The predicted octanol–water partition coefficient (Wildman–Crippen LogP) is 5.28. The third-order valence-corrected chi connectivity index (χ3v) is 12.1. The highest BCUT2D eigenvalue weighted by molar-refractivity contribution is 7.90. The molecule has 1 rings (SSSR count). The third kappa shape index (κ3) is 7.93. The first kappa shape index (κ1) is 30.3. The van der Waals surface area contributed by atoms with Gasteiger partial charge in [-0.3, -0.25) is 4.79 Å². The number of benzene rings is 1. The minimum Gasteiger partial charge on any atom is -0.468 e. The molecule has 11 heteroatoms. The summed E-state index contributed by atoms with van der Waals surface area (Å²) in [5.41, 5.74) is -5.08. The standard InChI is InChI=1S/C23H36F3NO5SSi/c1-8-19(32-34(6,7)22(2,3)4)15-12-16-27(33(29,30)23(24,25)26)20(21(28)31-5)17-18-13-10-9-11-14-18/h9-15,19-20H,8,16-17H2,1-7H3/b15-12+/t19-,20-/m0/s1. The SMILES string of the molecule is CC[C@@H](/C=C/CN([C@@H](Cc1ccccc1)C(=O)OC)S(=O)(=O)C(F)(F)F)O[Si](C)(C)C(C)(C)C. The van der Waals surface area contributed by atoms with Gasteiger partial charge in [-0.15, -0.1) is 0 Å². The molecule has 0 amide bonds. The molecule has 0 fully saturated rings. The van der Waals surface area contributed by atoms with E-state index in [2.05, 4.69) is 38.6 Å². The fraction of sp³-hybridized carbons (Fsp3) is 0.609. The van der Waals surface area contributed by atoms with Gasteiger partial charge in [0, 0.05) is 6.54 Å². The summed E-state index contributed by atoms with van der Waals surface area (Å²) < 4.78 is 76.6. The van der Waals surface area contributed by atoms with Gasteiger partial charge in [-0.25, -0.2) is 8.42 Å². The van der Waals surface area contributed by atoms with Crippen molar-refractivity contribution in [1.29, 1.82) is 0 Å². The molecule has 0 saturated heterocycles. The Balaban J connectivity index is 3.32. The summed E-state index contributed by atoms with van der Waals surface area (Å²) in [6, 6.07) is 6.52. The lowest BCUT2D eigenvalue weighted by Gasteiger charge is -2.38. The maximum atomic E-state index is 13.5. The van der Waals surface area contributed by atoms with Crippen molar-refractivity contribution in [2.24, 2.45) is 0 Å². The second-order valence-corrected chi connectivity index (χ2v) is 16.1. The van der Waals surface area contributed by atoms with Crippen LogP contribution in [0.5, 0.6) is 0 Å². The topological polar surface area (TPSA) is 72.9 Å². The first-order valence-corrected chi connectivity index (χ1v) is 15.4. The quantitative estimate of drug-likeness (QED) is 0.224. The van der Waals surface area contributed by atoms with E-state index in [1.165, 1.54) is 6.08 Å². The number of ether oxygens (including phenoxy) is 1. The van der Waals surface area contributed by atoms with E-state index >= 15 is 0 Å². The first-order chi connectivity index (χ1) is 15.5. The van der Waals surface area contributed by atoms with Gasteiger partial charge < -0.3 is 9.16 Å². The molecule has 1 aromatic rings. The van der Waals surface area contributed by atoms with Gasteiger partial charge in [-0.1, -0.05) is 70.2 Å². The van der Waals surface area contributed by atoms with Crippen LogP contribution in [0.4, 0.5) is 13.2 Å². The van der Waals surface area contributed by atoms with E-state index < -0.39 is 48.5 Å². The molecule has 34 heavy (non-hydrogen) atoms. The van der Waals surface area contributed by atoms with Crippen LogP contribution >= 0.6 is 0 Å². The highest BCUT2D eigenvalue weighted by Crippen LogP contribution is 2.37. The van der Waals surface area contributed by atoms with Gasteiger partial charge in [0.15, 0.2) is 8.32 Å². The molecule has 1 aromatic carbocycles. The normalized spacial score (nSPS) is 15.5. The predicted molar refractivity (Wildman–Crippen MR) is 129 cm³/mol. The molecule has 2 atom stereocenters. The Morgan fingerprint density at radius 2 is 1.71 bits per heavy atom. The summed E-state index contributed by atoms with van der Waals surface area (Å²) in [6.45, 7) is 11.5. The highest BCUT2D eigenvalue weighted by atomic mass is 32.2. The second kappa shape index (κ2) is 11.8. The van der Waals surface area contributed by atoms with Crippen molar-refractivity contribution in [2.75, 3.05) is 13.7 Å². The summed E-state index contributed by atoms with van der Waals surface area (Å²) in [6.07, 6.45) is 2.76. The zero-order valence-electron chi connectivity index (χ0n) is 20.8. The summed E-state index contributed by atoms with van der Waals surface area (Å²) >= 11 is 0. The Kier molecular flexibility index (Phi) is 10.6. The highest BCUT2D eigenvalue weighted by Gasteiger charge is 2.53. The third-order valence-electron chi connectivity index (χ3n) is 5.98. The number of rotatable bonds is 11. The molecule has 0 spiro atoms. The summed E-state index contributed by atoms with van der Waals surface area (Å²) in [7, 11) is -6.98. The molecule has 0 saturated carbocycles. The average Bonchev–Trinajstić information content (AvgIpc) is 2.72. The van der Waals surface area contributed by atoms with Gasteiger partial charge in [0.2, 0.25) is 0 Å². The number of halogens is 3. The van der Waals surface area contributed by atoms with Crippen LogP contribution in [0.3, 0.4) is 0 Å². The van der Waals surface area contributed by atoms with Crippen LogP contribution in [0.25, 0.3) is 0 Å². The largest absolute Gasteiger partial charge is 0.511 e. The van der Waals surface area contributed by atoms with Crippen molar-refractivity contribution >= 4 is 24.3 Å². The van der Waals surface area contributed by atoms with Crippen LogP contribution in [0.2, 0.25) is 18.1 Å². The second-order valence-electron chi connectivity index (χ2n) is 9.50. The van der Waals surface area contributed by atoms with Gasteiger partial charge in [0.1, 0.15) is 6.04 Å². The number of carbonyl (C=O) groups excluding carboxylic acids is 1. The maximum absolute atomic E-state index is 13.5. The van der Waals surface area contributed by atoms with E-state index in [0.717, 1.165) is 7.11 Å². The van der Waals surface area contributed by atoms with Crippen LogP contribution in [0.1, 0.15) is 39.7 Å². The van der Waals surface area contributed by atoms with Crippen molar-refractivity contribution in [2.45, 2.75) is 76.3 Å². The first-order valence-electron chi connectivity index (χ1n) is 11.0. The fourth-order valence-corrected chi connectivity index (χ4v) is 5.33. The zero-order valence-corrected chi connectivity index (χ0v) is 22.7. The van der Waals surface area contributed by atoms with Crippen molar-refractivity contribution in [3.8, 4) is 0 Å². The number of hydrogen-bond donors (Lipinski definition) is 0. The minimum absolute atomic E-state index is 0.0778. The molecule has 0 aliphatic carbocycles. The molecule has 6 nitrogen and oxygen atoms in total.